The molecule has 0 aliphatic heterocycles. The van der Waals surface area contributed by atoms with Gasteiger partial charge in [-0.05, 0) is 25.8 Å². The summed E-state index contributed by atoms with van der Waals surface area (Å²) in [5.41, 5.74) is 1.11. The maximum Gasteiger partial charge on any atom is 0.243 e. The van der Waals surface area contributed by atoms with Gasteiger partial charge >= 0.3 is 0 Å². The molecule has 0 aromatic heterocycles. The molecule has 0 unspecified atom stereocenters. The fourth-order valence-corrected chi connectivity index (χ4v) is 1.80. The van der Waals surface area contributed by atoms with Crippen molar-refractivity contribution in [2.24, 2.45) is 0 Å². The fourth-order valence-electron chi connectivity index (χ4n) is 1.68. The molecule has 0 radical (unpaired) electrons. The number of nitrogens with zero attached hydrogens (tertiary/aromatic N) is 1. The number of alkyl halides is 1. The largest absolute Gasteiger partial charge is 0.337 e. The monoisotopic (exact) mass is 265 g/mol. The summed E-state index contributed by atoms with van der Waals surface area (Å²) in [6, 6.07) is 9.92. The van der Waals surface area contributed by atoms with Gasteiger partial charge in [-0.15, -0.1) is 18.2 Å². The molecular formula is C15H20ClNO. The number of hydrogen-bond donors (Lipinski definition) is 0. The first-order chi connectivity index (χ1) is 8.45. The Labute approximate surface area is 114 Å². The second-order valence-corrected chi connectivity index (χ2v) is 5.71. The molecule has 0 N–H and O–H groups in total. The highest BCUT2D eigenvalue weighted by molar-refractivity contribution is 6.34. The van der Waals surface area contributed by atoms with Crippen molar-refractivity contribution in [3.63, 3.8) is 0 Å². The van der Waals surface area contributed by atoms with Crippen molar-refractivity contribution in [3.05, 3.63) is 48.6 Å². The first-order valence-corrected chi connectivity index (χ1v) is 6.46. The average Bonchev–Trinajstić information content (AvgIpc) is 2.33. The van der Waals surface area contributed by atoms with Crippen LogP contribution in [-0.4, -0.2) is 22.2 Å². The van der Waals surface area contributed by atoms with Crippen LogP contribution in [-0.2, 0) is 11.3 Å². The molecule has 2 nitrogen and oxygen atoms in total. The molecule has 0 saturated heterocycles. The number of rotatable bonds is 6. The van der Waals surface area contributed by atoms with Crippen molar-refractivity contribution in [2.45, 2.75) is 31.7 Å². The van der Waals surface area contributed by atoms with E-state index in [1.807, 2.05) is 36.4 Å². The van der Waals surface area contributed by atoms with Gasteiger partial charge in [0, 0.05) is 13.1 Å². The van der Waals surface area contributed by atoms with Crippen molar-refractivity contribution in [2.75, 3.05) is 6.54 Å². The van der Waals surface area contributed by atoms with Crippen LogP contribution < -0.4 is 0 Å². The Morgan fingerprint density at radius 2 is 2.00 bits per heavy atom. The van der Waals surface area contributed by atoms with Gasteiger partial charge in [-0.25, -0.2) is 0 Å². The highest BCUT2D eigenvalue weighted by Crippen LogP contribution is 2.18. The van der Waals surface area contributed by atoms with E-state index in [4.69, 9.17) is 11.6 Å². The summed E-state index contributed by atoms with van der Waals surface area (Å²) in [5, 5.41) is 0. The van der Waals surface area contributed by atoms with Gasteiger partial charge in [0.15, 0.2) is 0 Å². The van der Waals surface area contributed by atoms with Crippen LogP contribution in [0.4, 0.5) is 0 Å². The Bertz CT molecular complexity index is 395. The van der Waals surface area contributed by atoms with E-state index in [0.29, 0.717) is 13.1 Å². The maximum atomic E-state index is 12.2. The minimum Gasteiger partial charge on any atom is -0.337 e. The van der Waals surface area contributed by atoms with Crippen molar-refractivity contribution in [1.82, 2.24) is 4.90 Å². The molecule has 0 fully saturated rings. The van der Waals surface area contributed by atoms with E-state index >= 15 is 0 Å². The molecule has 1 aromatic rings. The molecule has 0 heterocycles. The average molecular weight is 266 g/mol. The molecular weight excluding hydrogens is 246 g/mol. The predicted molar refractivity (Wildman–Crippen MR) is 76.6 cm³/mol. The normalized spacial score (nSPS) is 11.1. The molecule has 0 bridgehead atoms. The molecule has 0 saturated carbocycles. The van der Waals surface area contributed by atoms with Gasteiger partial charge in [0.1, 0.15) is 4.87 Å². The summed E-state index contributed by atoms with van der Waals surface area (Å²) in [7, 11) is 0. The molecule has 3 heteroatoms. The second kappa shape index (κ2) is 6.60. The van der Waals surface area contributed by atoms with Crippen LogP contribution in [0.1, 0.15) is 25.8 Å². The van der Waals surface area contributed by atoms with Gasteiger partial charge < -0.3 is 4.90 Å². The van der Waals surface area contributed by atoms with E-state index in [9.17, 15) is 4.79 Å². The Hall–Kier alpha value is -1.28. The van der Waals surface area contributed by atoms with Crippen molar-refractivity contribution < 1.29 is 4.79 Å². The standard InChI is InChI=1S/C15H20ClNO/c1-4-5-11-17(14(18)15(2,3)16)12-13-9-7-6-8-10-13/h4,6-10H,1,5,11-12H2,2-3H3. The summed E-state index contributed by atoms with van der Waals surface area (Å²) in [5.74, 6) is -0.0464. The van der Waals surface area contributed by atoms with E-state index in [-0.39, 0.29) is 5.91 Å². The van der Waals surface area contributed by atoms with E-state index in [1.165, 1.54) is 0 Å². The van der Waals surface area contributed by atoms with Crippen LogP contribution in [0.5, 0.6) is 0 Å². The van der Waals surface area contributed by atoms with Gasteiger partial charge in [-0.2, -0.15) is 0 Å². The lowest BCUT2D eigenvalue weighted by atomic mass is 10.1. The summed E-state index contributed by atoms with van der Waals surface area (Å²) in [4.78, 5) is 13.2. The van der Waals surface area contributed by atoms with Crippen LogP contribution in [0.15, 0.2) is 43.0 Å². The Kier molecular flexibility index (Phi) is 5.42. The third-order valence-electron chi connectivity index (χ3n) is 2.62. The van der Waals surface area contributed by atoms with Crippen molar-refractivity contribution in [3.8, 4) is 0 Å². The van der Waals surface area contributed by atoms with E-state index in [1.54, 1.807) is 18.7 Å². The summed E-state index contributed by atoms with van der Waals surface area (Å²) in [6.07, 6.45) is 2.58. The van der Waals surface area contributed by atoms with Crippen LogP contribution in [0.2, 0.25) is 0 Å². The fraction of sp³-hybridized carbons (Fsp3) is 0.400. The Morgan fingerprint density at radius 3 is 2.50 bits per heavy atom. The third kappa shape index (κ3) is 4.53. The van der Waals surface area contributed by atoms with Gasteiger partial charge in [-0.1, -0.05) is 36.4 Å². The van der Waals surface area contributed by atoms with Crippen molar-refractivity contribution in [1.29, 1.82) is 0 Å². The van der Waals surface area contributed by atoms with E-state index < -0.39 is 4.87 Å². The van der Waals surface area contributed by atoms with Gasteiger partial charge in [0.2, 0.25) is 5.91 Å². The zero-order valence-electron chi connectivity index (χ0n) is 11.0. The Balaban J connectivity index is 2.79. The predicted octanol–water partition coefficient (Wildman–Crippen LogP) is 3.61. The maximum absolute atomic E-state index is 12.2. The van der Waals surface area contributed by atoms with Gasteiger partial charge in [0.25, 0.3) is 0 Å². The molecule has 1 rings (SSSR count). The topological polar surface area (TPSA) is 20.3 Å². The quantitative estimate of drug-likeness (QED) is 0.568. The number of benzene rings is 1. The Morgan fingerprint density at radius 1 is 1.39 bits per heavy atom. The molecule has 98 valence electrons. The van der Waals surface area contributed by atoms with Crippen molar-refractivity contribution >= 4 is 17.5 Å². The first-order valence-electron chi connectivity index (χ1n) is 6.08. The molecule has 1 aromatic carbocycles. The zero-order chi connectivity index (χ0) is 13.6. The third-order valence-corrected chi connectivity index (χ3v) is 2.78. The SMILES string of the molecule is C=CCCN(Cc1ccccc1)C(=O)C(C)(C)Cl. The summed E-state index contributed by atoms with van der Waals surface area (Å²) in [6.45, 7) is 8.37. The molecule has 0 aliphatic carbocycles. The van der Waals surface area contributed by atoms with Crippen LogP contribution in [0.3, 0.4) is 0 Å². The lowest BCUT2D eigenvalue weighted by Gasteiger charge is -2.28. The van der Waals surface area contributed by atoms with Crippen LogP contribution in [0, 0.1) is 0 Å². The highest BCUT2D eigenvalue weighted by atomic mass is 35.5. The van der Waals surface area contributed by atoms with E-state index in [2.05, 4.69) is 6.58 Å². The van der Waals surface area contributed by atoms with Gasteiger partial charge in [0.05, 0.1) is 0 Å². The smallest absolute Gasteiger partial charge is 0.243 e. The molecule has 18 heavy (non-hydrogen) atoms. The summed E-state index contributed by atoms with van der Waals surface area (Å²) >= 11 is 6.11. The van der Waals surface area contributed by atoms with Gasteiger partial charge in [-0.3, -0.25) is 4.79 Å². The lowest BCUT2D eigenvalue weighted by molar-refractivity contribution is -0.133. The van der Waals surface area contributed by atoms with E-state index in [0.717, 1.165) is 12.0 Å². The number of carbonyl (C=O) groups is 1. The van der Waals surface area contributed by atoms with Crippen LogP contribution in [0.25, 0.3) is 0 Å². The second-order valence-electron chi connectivity index (χ2n) is 4.76. The van der Waals surface area contributed by atoms with Crippen LogP contribution >= 0.6 is 11.6 Å². The molecule has 0 atom stereocenters. The number of hydrogen-bond acceptors (Lipinski definition) is 1. The number of amides is 1. The highest BCUT2D eigenvalue weighted by Gasteiger charge is 2.29. The number of carbonyl (C=O) groups excluding carboxylic acids is 1. The molecule has 0 aliphatic rings. The lowest BCUT2D eigenvalue weighted by Crippen LogP contribution is -2.41. The number of halogens is 1. The molecule has 1 amide bonds. The minimum absolute atomic E-state index is 0.0464. The summed E-state index contributed by atoms with van der Waals surface area (Å²) < 4.78 is 0. The molecule has 0 spiro atoms. The first kappa shape index (κ1) is 14.8. The zero-order valence-corrected chi connectivity index (χ0v) is 11.8. The minimum atomic E-state index is -0.865.